The van der Waals surface area contributed by atoms with Gasteiger partial charge in [0.1, 0.15) is 0 Å². The molecule has 70 valence electrons. The third kappa shape index (κ3) is 2.19. The smallest absolute Gasteiger partial charge is 0.307 e. The highest BCUT2D eigenvalue weighted by Crippen LogP contribution is 2.13. The first-order chi connectivity index (χ1) is 5.61. The van der Waals surface area contributed by atoms with Crippen LogP contribution in [0.5, 0.6) is 0 Å². The van der Waals surface area contributed by atoms with Crippen molar-refractivity contribution in [2.24, 2.45) is 5.92 Å². The third-order valence-electron chi connectivity index (χ3n) is 2.41. The van der Waals surface area contributed by atoms with Crippen LogP contribution in [0.2, 0.25) is 0 Å². The highest BCUT2D eigenvalue weighted by atomic mass is 16.4. The molecule has 4 nitrogen and oxygen atoms in total. The van der Waals surface area contributed by atoms with Crippen molar-refractivity contribution in [2.75, 3.05) is 27.2 Å². The molecule has 0 amide bonds. The molecule has 4 heteroatoms. The van der Waals surface area contributed by atoms with E-state index in [1.807, 2.05) is 14.1 Å². The molecule has 1 aliphatic heterocycles. The quantitative estimate of drug-likeness (QED) is 0.595. The van der Waals surface area contributed by atoms with E-state index in [0.717, 1.165) is 13.0 Å². The normalized spacial score (nSPS) is 30.6. The van der Waals surface area contributed by atoms with Crippen LogP contribution >= 0.6 is 0 Å². The molecule has 2 atom stereocenters. The Morgan fingerprint density at radius 1 is 1.50 bits per heavy atom. The lowest BCUT2D eigenvalue weighted by Gasteiger charge is -2.32. The van der Waals surface area contributed by atoms with Gasteiger partial charge in [-0.3, -0.25) is 4.79 Å². The number of carboxylic acid groups (broad SMARTS) is 1. The fourth-order valence-corrected chi connectivity index (χ4v) is 1.50. The number of likely N-dealkylation sites (N-methyl/N-ethyl adjacent to an activating group) is 1. The van der Waals surface area contributed by atoms with Crippen molar-refractivity contribution in [3.8, 4) is 0 Å². The van der Waals surface area contributed by atoms with E-state index in [4.69, 9.17) is 5.11 Å². The van der Waals surface area contributed by atoms with E-state index >= 15 is 0 Å². The molecule has 0 saturated carbocycles. The maximum absolute atomic E-state index is 10.7. The average Bonchev–Trinajstić information content (AvgIpc) is 2.04. The van der Waals surface area contributed by atoms with Crippen LogP contribution < -0.4 is 5.32 Å². The van der Waals surface area contributed by atoms with Crippen LogP contribution in [-0.4, -0.2) is 49.2 Å². The molecule has 2 N–H and O–H groups in total. The molecule has 1 fully saturated rings. The second-order valence-corrected chi connectivity index (χ2v) is 3.55. The fraction of sp³-hybridized carbons (Fsp3) is 0.875. The van der Waals surface area contributed by atoms with Crippen LogP contribution in [0.1, 0.15) is 6.42 Å². The Labute approximate surface area is 72.6 Å². The molecule has 0 aromatic heterocycles. The van der Waals surface area contributed by atoms with Crippen LogP contribution in [0.3, 0.4) is 0 Å². The third-order valence-corrected chi connectivity index (χ3v) is 2.41. The number of aliphatic carboxylic acids is 1. The zero-order valence-electron chi connectivity index (χ0n) is 7.58. The van der Waals surface area contributed by atoms with Crippen LogP contribution in [-0.2, 0) is 4.79 Å². The SMILES string of the molecule is CN(C)C1CNCC(C(=O)O)C1. The van der Waals surface area contributed by atoms with Gasteiger partial charge in [0, 0.05) is 19.1 Å². The lowest BCUT2D eigenvalue weighted by Crippen LogP contribution is -2.48. The minimum atomic E-state index is -0.686. The molecule has 0 aliphatic carbocycles. The van der Waals surface area contributed by atoms with Gasteiger partial charge in [-0.25, -0.2) is 0 Å². The van der Waals surface area contributed by atoms with Crippen LogP contribution in [0.25, 0.3) is 0 Å². The van der Waals surface area contributed by atoms with E-state index in [1.54, 1.807) is 0 Å². The van der Waals surface area contributed by atoms with Crippen molar-refractivity contribution in [3.63, 3.8) is 0 Å². The van der Waals surface area contributed by atoms with E-state index < -0.39 is 5.97 Å². The van der Waals surface area contributed by atoms with Crippen molar-refractivity contribution in [1.29, 1.82) is 0 Å². The zero-order chi connectivity index (χ0) is 9.14. The molecule has 0 radical (unpaired) electrons. The van der Waals surface area contributed by atoms with Gasteiger partial charge in [-0.2, -0.15) is 0 Å². The fourth-order valence-electron chi connectivity index (χ4n) is 1.50. The van der Waals surface area contributed by atoms with Crippen molar-refractivity contribution in [3.05, 3.63) is 0 Å². The first-order valence-corrected chi connectivity index (χ1v) is 4.21. The summed E-state index contributed by atoms with van der Waals surface area (Å²) in [6.45, 7) is 1.51. The molecule has 2 unspecified atom stereocenters. The molecule has 0 bridgehead atoms. The molecular formula is C8H16N2O2. The van der Waals surface area contributed by atoms with E-state index in [0.29, 0.717) is 12.6 Å². The predicted octanol–water partition coefficient (Wildman–Crippen LogP) is -0.389. The van der Waals surface area contributed by atoms with Gasteiger partial charge in [0.05, 0.1) is 5.92 Å². The van der Waals surface area contributed by atoms with Crippen molar-refractivity contribution in [1.82, 2.24) is 10.2 Å². The molecule has 1 heterocycles. The van der Waals surface area contributed by atoms with Crippen molar-refractivity contribution in [2.45, 2.75) is 12.5 Å². The summed E-state index contributed by atoms with van der Waals surface area (Å²) in [7, 11) is 3.97. The Morgan fingerprint density at radius 3 is 2.67 bits per heavy atom. The number of carboxylic acids is 1. The van der Waals surface area contributed by atoms with E-state index in [2.05, 4.69) is 10.2 Å². The largest absolute Gasteiger partial charge is 0.481 e. The second kappa shape index (κ2) is 3.87. The molecule has 1 aliphatic rings. The molecule has 0 aromatic rings. The number of carbonyl (C=O) groups is 1. The predicted molar refractivity (Wildman–Crippen MR) is 46.1 cm³/mol. The zero-order valence-corrected chi connectivity index (χ0v) is 7.58. The Balaban J connectivity index is 2.46. The molecule has 0 spiro atoms. The summed E-state index contributed by atoms with van der Waals surface area (Å²) in [5.74, 6) is -0.903. The van der Waals surface area contributed by atoms with E-state index in [9.17, 15) is 4.79 Å². The van der Waals surface area contributed by atoms with Crippen molar-refractivity contribution < 1.29 is 9.90 Å². The molecule has 0 aromatic carbocycles. The topological polar surface area (TPSA) is 52.6 Å². The number of nitrogens with zero attached hydrogens (tertiary/aromatic N) is 1. The summed E-state index contributed by atoms with van der Waals surface area (Å²) in [5.41, 5.74) is 0. The van der Waals surface area contributed by atoms with Gasteiger partial charge in [0.25, 0.3) is 0 Å². The van der Waals surface area contributed by atoms with Crippen LogP contribution in [0.4, 0.5) is 0 Å². The molecule has 1 saturated heterocycles. The lowest BCUT2D eigenvalue weighted by atomic mass is 9.95. The van der Waals surface area contributed by atoms with Crippen LogP contribution in [0.15, 0.2) is 0 Å². The Morgan fingerprint density at radius 2 is 2.17 bits per heavy atom. The lowest BCUT2D eigenvalue weighted by molar-refractivity contribution is -0.142. The molecular weight excluding hydrogens is 156 g/mol. The summed E-state index contributed by atoms with van der Waals surface area (Å²) >= 11 is 0. The van der Waals surface area contributed by atoms with E-state index in [1.165, 1.54) is 0 Å². The summed E-state index contributed by atoms with van der Waals surface area (Å²) < 4.78 is 0. The van der Waals surface area contributed by atoms with Gasteiger partial charge >= 0.3 is 5.97 Å². The number of rotatable bonds is 2. The van der Waals surface area contributed by atoms with Gasteiger partial charge in [0.2, 0.25) is 0 Å². The Hall–Kier alpha value is -0.610. The summed E-state index contributed by atoms with van der Waals surface area (Å²) in [6.07, 6.45) is 0.759. The average molecular weight is 172 g/mol. The maximum atomic E-state index is 10.7. The van der Waals surface area contributed by atoms with Gasteiger partial charge < -0.3 is 15.3 Å². The summed E-state index contributed by atoms with van der Waals surface area (Å²) in [6, 6.07) is 0.361. The Bertz CT molecular complexity index is 170. The highest BCUT2D eigenvalue weighted by molar-refractivity contribution is 5.70. The summed E-state index contributed by atoms with van der Waals surface area (Å²) in [5, 5.41) is 11.9. The maximum Gasteiger partial charge on any atom is 0.307 e. The molecule has 1 rings (SSSR count). The monoisotopic (exact) mass is 172 g/mol. The summed E-state index contributed by atoms with van der Waals surface area (Å²) in [4.78, 5) is 12.7. The van der Waals surface area contributed by atoms with Gasteiger partial charge in [-0.05, 0) is 20.5 Å². The highest BCUT2D eigenvalue weighted by Gasteiger charge is 2.27. The first-order valence-electron chi connectivity index (χ1n) is 4.21. The number of piperidine rings is 1. The molecule has 12 heavy (non-hydrogen) atoms. The van der Waals surface area contributed by atoms with E-state index in [-0.39, 0.29) is 5.92 Å². The number of hydrogen-bond acceptors (Lipinski definition) is 3. The first kappa shape index (κ1) is 9.48. The number of nitrogens with one attached hydrogen (secondary N) is 1. The van der Waals surface area contributed by atoms with Gasteiger partial charge in [0.15, 0.2) is 0 Å². The van der Waals surface area contributed by atoms with Crippen LogP contribution in [0, 0.1) is 5.92 Å². The number of hydrogen-bond donors (Lipinski definition) is 2. The minimum absolute atomic E-state index is 0.217. The van der Waals surface area contributed by atoms with Crippen molar-refractivity contribution >= 4 is 5.97 Å². The minimum Gasteiger partial charge on any atom is -0.481 e. The van der Waals surface area contributed by atoms with Gasteiger partial charge in [-0.15, -0.1) is 0 Å². The Kier molecular flexibility index (Phi) is 3.05. The second-order valence-electron chi connectivity index (χ2n) is 3.55. The standard InChI is InChI=1S/C8H16N2O2/c1-10(2)7-3-6(8(11)12)4-9-5-7/h6-7,9H,3-5H2,1-2H3,(H,11,12). The van der Waals surface area contributed by atoms with Gasteiger partial charge in [-0.1, -0.05) is 0 Å².